The minimum absolute atomic E-state index is 0.0585. The Bertz CT molecular complexity index is 720. The number of azide groups is 1. The fraction of sp³-hybridized carbons (Fsp3) is 0.684. The van der Waals surface area contributed by atoms with Gasteiger partial charge >= 0.3 is 0 Å². The maximum Gasteiger partial charge on any atom is 0.195 e. The first-order valence-corrected chi connectivity index (χ1v) is 12.4. The number of nitrogens with zero attached hydrogens (tertiary/aromatic N) is 3. The molecule has 8 nitrogen and oxygen atoms in total. The lowest BCUT2D eigenvalue weighted by Crippen LogP contribution is -2.63. The Hall–Kier alpha value is -1.45. The zero-order valence-corrected chi connectivity index (χ0v) is 18.0. The molecule has 154 valence electrons. The van der Waals surface area contributed by atoms with Crippen LogP contribution in [0.5, 0.6) is 0 Å². The van der Waals surface area contributed by atoms with Gasteiger partial charge < -0.3 is 23.7 Å². The smallest absolute Gasteiger partial charge is 0.195 e. The van der Waals surface area contributed by atoms with Gasteiger partial charge in [0.1, 0.15) is 18.2 Å². The van der Waals surface area contributed by atoms with E-state index in [0.717, 1.165) is 5.56 Å². The average Bonchev–Trinajstić information content (AvgIpc) is 2.64. The van der Waals surface area contributed by atoms with Crippen molar-refractivity contribution in [1.82, 2.24) is 0 Å². The normalized spacial score (nSPS) is 33.6. The lowest BCUT2D eigenvalue weighted by molar-refractivity contribution is -0.333. The van der Waals surface area contributed by atoms with Crippen LogP contribution in [0.1, 0.15) is 32.6 Å². The van der Waals surface area contributed by atoms with Crippen molar-refractivity contribution in [1.29, 1.82) is 0 Å². The average molecular weight is 408 g/mol. The van der Waals surface area contributed by atoms with Crippen LogP contribution >= 0.6 is 0 Å². The molecule has 0 amide bonds. The minimum atomic E-state index is -2.22. The second-order valence-electron chi connectivity index (χ2n) is 8.78. The van der Waals surface area contributed by atoms with Gasteiger partial charge in [0.2, 0.25) is 0 Å². The zero-order chi connectivity index (χ0) is 20.5. The van der Waals surface area contributed by atoms with E-state index in [1.165, 1.54) is 0 Å². The van der Waals surface area contributed by atoms with Crippen molar-refractivity contribution in [2.75, 3.05) is 6.61 Å². The molecule has 2 aliphatic rings. The molecule has 0 spiro atoms. The number of ether oxygens (including phenoxy) is 3. The first-order valence-electron chi connectivity index (χ1n) is 9.51. The van der Waals surface area contributed by atoms with Gasteiger partial charge in [0, 0.05) is 10.5 Å². The molecule has 9 heteroatoms. The highest BCUT2D eigenvalue weighted by Gasteiger charge is 2.52. The summed E-state index contributed by atoms with van der Waals surface area (Å²) in [6.45, 7) is 10.8. The predicted octanol–water partition coefficient (Wildman–Crippen LogP) is 3.89. The van der Waals surface area contributed by atoms with Crippen LogP contribution in [0.25, 0.3) is 10.4 Å². The van der Waals surface area contributed by atoms with E-state index in [1.54, 1.807) is 0 Å². The van der Waals surface area contributed by atoms with Crippen LogP contribution < -0.4 is 0 Å². The number of hydrogen-bond acceptors (Lipinski definition) is 6. The highest BCUT2D eigenvalue weighted by Crippen LogP contribution is 2.41. The van der Waals surface area contributed by atoms with Crippen molar-refractivity contribution in [3.05, 3.63) is 46.3 Å². The number of aliphatic hydroxyl groups is 1. The molecule has 0 saturated carbocycles. The SMILES string of the molecule is CC(C)(C)[Si](C)(C)O[C@@H]1O[C@@H]2CO[C@H](c3ccccc3)O[C@@H]2[C@H](O)[C@H]1N=[N+]=[N-]. The Balaban J connectivity index is 1.80. The van der Waals surface area contributed by atoms with Gasteiger partial charge in [0.15, 0.2) is 20.9 Å². The summed E-state index contributed by atoms with van der Waals surface area (Å²) in [5.74, 6) is 0. The fourth-order valence-corrected chi connectivity index (χ4v) is 4.23. The van der Waals surface area contributed by atoms with E-state index in [4.69, 9.17) is 24.2 Å². The topological polar surface area (TPSA) is 106 Å². The highest BCUT2D eigenvalue weighted by atomic mass is 28.4. The molecule has 1 aromatic carbocycles. The van der Waals surface area contributed by atoms with Gasteiger partial charge in [-0.2, -0.15) is 0 Å². The summed E-state index contributed by atoms with van der Waals surface area (Å²) in [5.41, 5.74) is 9.87. The summed E-state index contributed by atoms with van der Waals surface area (Å²) >= 11 is 0. The Kier molecular flexibility index (Phi) is 6.16. The molecule has 3 rings (SSSR count). The fourth-order valence-electron chi connectivity index (χ4n) is 3.10. The van der Waals surface area contributed by atoms with Gasteiger partial charge in [-0.1, -0.05) is 56.2 Å². The summed E-state index contributed by atoms with van der Waals surface area (Å²) in [6, 6.07) is 8.61. The van der Waals surface area contributed by atoms with Gasteiger partial charge in [0.05, 0.1) is 12.7 Å². The van der Waals surface area contributed by atoms with E-state index in [-0.39, 0.29) is 11.6 Å². The van der Waals surface area contributed by atoms with Gasteiger partial charge in [0.25, 0.3) is 0 Å². The lowest BCUT2D eigenvalue weighted by Gasteiger charge is -2.49. The van der Waals surface area contributed by atoms with Crippen molar-refractivity contribution in [2.45, 2.75) is 75.8 Å². The number of benzene rings is 1. The number of fused-ring (bicyclic) bond motifs is 1. The standard InChI is InChI=1S/C19H29N3O5Si/c1-19(2,3)28(4,5)27-18-14(21-22-20)15(23)16-13(25-18)11-24-17(26-16)12-9-7-6-8-10-12/h6-10,13-18,23H,11H2,1-5H3/t13-,14-,15-,16+,17+,18+/m1/s1. The molecule has 2 fully saturated rings. The van der Waals surface area contributed by atoms with Gasteiger partial charge in [-0.15, -0.1) is 0 Å². The van der Waals surface area contributed by atoms with E-state index < -0.39 is 45.3 Å². The molecule has 2 aliphatic heterocycles. The molecule has 28 heavy (non-hydrogen) atoms. The minimum Gasteiger partial charge on any atom is -0.392 e. The molecule has 2 heterocycles. The number of hydrogen-bond donors (Lipinski definition) is 1. The zero-order valence-electron chi connectivity index (χ0n) is 17.0. The van der Waals surface area contributed by atoms with E-state index in [0.29, 0.717) is 0 Å². The summed E-state index contributed by atoms with van der Waals surface area (Å²) in [5, 5.41) is 14.7. The molecular formula is C19H29N3O5Si. The highest BCUT2D eigenvalue weighted by molar-refractivity contribution is 6.74. The monoisotopic (exact) mass is 407 g/mol. The van der Waals surface area contributed by atoms with E-state index in [2.05, 4.69) is 43.9 Å². The van der Waals surface area contributed by atoms with Crippen molar-refractivity contribution < 1.29 is 23.7 Å². The lowest BCUT2D eigenvalue weighted by atomic mass is 9.96. The molecule has 0 bridgehead atoms. The third kappa shape index (κ3) is 4.26. The van der Waals surface area contributed by atoms with Crippen LogP contribution in [0.3, 0.4) is 0 Å². The van der Waals surface area contributed by atoms with Crippen LogP contribution in [0.4, 0.5) is 0 Å². The maximum atomic E-state index is 10.9. The van der Waals surface area contributed by atoms with Crippen molar-refractivity contribution in [3.63, 3.8) is 0 Å². The quantitative estimate of drug-likeness (QED) is 0.353. The van der Waals surface area contributed by atoms with E-state index >= 15 is 0 Å². The van der Waals surface area contributed by atoms with Crippen LogP contribution in [0.15, 0.2) is 35.4 Å². The van der Waals surface area contributed by atoms with E-state index in [1.807, 2.05) is 30.3 Å². The summed E-state index contributed by atoms with van der Waals surface area (Å²) < 4.78 is 24.2. The van der Waals surface area contributed by atoms with Crippen LogP contribution in [0, 0.1) is 0 Å². The second kappa shape index (κ2) is 8.12. The number of rotatable bonds is 4. The van der Waals surface area contributed by atoms with Crippen molar-refractivity contribution >= 4 is 8.32 Å². The van der Waals surface area contributed by atoms with Gasteiger partial charge in [-0.3, -0.25) is 0 Å². The predicted molar refractivity (Wildman–Crippen MR) is 106 cm³/mol. The van der Waals surface area contributed by atoms with Crippen molar-refractivity contribution in [3.8, 4) is 0 Å². The molecule has 0 aliphatic carbocycles. The summed E-state index contributed by atoms with van der Waals surface area (Å²) in [4.78, 5) is 2.90. The largest absolute Gasteiger partial charge is 0.392 e. The van der Waals surface area contributed by atoms with Crippen LogP contribution in [-0.2, 0) is 18.6 Å². The molecular weight excluding hydrogens is 378 g/mol. The Labute approximate surface area is 166 Å². The van der Waals surface area contributed by atoms with Crippen LogP contribution in [-0.4, -0.2) is 50.7 Å². The Morgan fingerprint density at radius 2 is 1.89 bits per heavy atom. The van der Waals surface area contributed by atoms with Crippen molar-refractivity contribution in [2.24, 2.45) is 5.11 Å². The maximum absolute atomic E-state index is 10.9. The molecule has 6 atom stereocenters. The summed E-state index contributed by atoms with van der Waals surface area (Å²) in [7, 11) is -2.22. The first-order chi connectivity index (χ1) is 13.1. The van der Waals surface area contributed by atoms with Gasteiger partial charge in [-0.25, -0.2) is 0 Å². The van der Waals surface area contributed by atoms with E-state index in [9.17, 15) is 5.11 Å². The first kappa shape index (κ1) is 21.3. The molecule has 2 saturated heterocycles. The molecule has 1 aromatic rings. The third-order valence-corrected chi connectivity index (χ3v) is 10.2. The molecule has 0 unspecified atom stereocenters. The second-order valence-corrected chi connectivity index (χ2v) is 13.5. The summed E-state index contributed by atoms with van der Waals surface area (Å²) in [6.07, 6.45) is -3.68. The molecule has 0 aromatic heterocycles. The third-order valence-electron chi connectivity index (χ3n) is 5.81. The van der Waals surface area contributed by atoms with Crippen LogP contribution in [0.2, 0.25) is 18.1 Å². The molecule has 1 N–H and O–H groups in total. The van der Waals surface area contributed by atoms with Gasteiger partial charge in [-0.05, 0) is 23.7 Å². The molecule has 0 radical (unpaired) electrons. The Morgan fingerprint density at radius 3 is 2.50 bits per heavy atom. The Morgan fingerprint density at radius 1 is 1.21 bits per heavy atom. The number of aliphatic hydroxyl groups excluding tert-OH is 1.